The fourth-order valence-corrected chi connectivity index (χ4v) is 3.42. The van der Waals surface area contributed by atoms with Crippen molar-refractivity contribution < 1.29 is 9.53 Å². The van der Waals surface area contributed by atoms with Crippen LogP contribution in [0.25, 0.3) is 0 Å². The Morgan fingerprint density at radius 3 is 2.71 bits per heavy atom. The number of nitrogens with zero attached hydrogens (tertiary/aromatic N) is 1. The van der Waals surface area contributed by atoms with E-state index in [4.69, 9.17) is 22.1 Å². The molecule has 1 atom stereocenters. The zero-order valence-electron chi connectivity index (χ0n) is 12.1. The fourth-order valence-electron chi connectivity index (χ4n) is 3.26. The van der Waals surface area contributed by atoms with E-state index < -0.39 is 0 Å². The second-order valence-corrected chi connectivity index (χ2v) is 6.19. The molecular formula is C15H20ClN3O2. The smallest absolute Gasteiger partial charge is 0.256 e. The maximum Gasteiger partial charge on any atom is 0.256 e. The number of nitrogens with two attached hydrogens (primary N) is 1. The molecule has 0 aromatic heterocycles. The van der Waals surface area contributed by atoms with Gasteiger partial charge in [0.1, 0.15) is 5.75 Å². The average molecular weight is 310 g/mol. The molecular weight excluding hydrogens is 290 g/mol. The number of benzene rings is 1. The molecule has 3 heterocycles. The molecule has 114 valence electrons. The first kappa shape index (κ1) is 14.5. The second-order valence-electron chi connectivity index (χ2n) is 5.78. The number of rotatable bonds is 3. The van der Waals surface area contributed by atoms with E-state index >= 15 is 0 Å². The zero-order valence-corrected chi connectivity index (χ0v) is 12.8. The van der Waals surface area contributed by atoms with Gasteiger partial charge in [0.2, 0.25) is 0 Å². The minimum atomic E-state index is -0.161. The summed E-state index contributed by atoms with van der Waals surface area (Å²) >= 11 is 6.02. The highest BCUT2D eigenvalue weighted by atomic mass is 35.5. The van der Waals surface area contributed by atoms with E-state index in [2.05, 4.69) is 10.2 Å². The van der Waals surface area contributed by atoms with Crippen molar-refractivity contribution in [2.75, 3.05) is 25.9 Å². The highest BCUT2D eigenvalue weighted by Crippen LogP contribution is 2.32. The maximum absolute atomic E-state index is 12.5. The molecule has 0 spiro atoms. The van der Waals surface area contributed by atoms with Crippen LogP contribution in [0.2, 0.25) is 5.02 Å². The molecule has 2 bridgehead atoms. The molecule has 3 aliphatic heterocycles. The van der Waals surface area contributed by atoms with Crippen LogP contribution >= 0.6 is 11.6 Å². The van der Waals surface area contributed by atoms with E-state index in [1.54, 1.807) is 12.1 Å². The summed E-state index contributed by atoms with van der Waals surface area (Å²) in [5.74, 6) is 1.02. The standard InChI is InChI=1S/C15H20ClN3O2/c1-21-13-8-12(17)11(16)7-10(13)15(20)18-14-6-9-2-4-19(14)5-3-9/h7-9,14H,2-6,17H2,1H3,(H,18,20). The molecule has 0 radical (unpaired) electrons. The molecule has 0 saturated carbocycles. The summed E-state index contributed by atoms with van der Waals surface area (Å²) in [5.41, 5.74) is 6.58. The summed E-state index contributed by atoms with van der Waals surface area (Å²) in [6.45, 7) is 2.13. The van der Waals surface area contributed by atoms with Crippen molar-refractivity contribution in [3.05, 3.63) is 22.7 Å². The number of halogens is 1. The predicted octanol–water partition coefficient (Wildman–Crippen LogP) is 2.10. The second kappa shape index (κ2) is 5.73. The van der Waals surface area contributed by atoms with Crippen LogP contribution < -0.4 is 15.8 Å². The van der Waals surface area contributed by atoms with Crippen LogP contribution in [0.1, 0.15) is 29.6 Å². The number of carbonyl (C=O) groups is 1. The topological polar surface area (TPSA) is 67.6 Å². The van der Waals surface area contributed by atoms with Gasteiger partial charge in [-0.1, -0.05) is 11.6 Å². The monoisotopic (exact) mass is 309 g/mol. The first-order valence-electron chi connectivity index (χ1n) is 7.26. The fraction of sp³-hybridized carbons (Fsp3) is 0.533. The van der Waals surface area contributed by atoms with E-state index in [9.17, 15) is 4.79 Å². The molecule has 4 rings (SSSR count). The van der Waals surface area contributed by atoms with Gasteiger partial charge in [-0.2, -0.15) is 0 Å². The van der Waals surface area contributed by atoms with Crippen LogP contribution in [-0.4, -0.2) is 37.2 Å². The summed E-state index contributed by atoms with van der Waals surface area (Å²) in [5, 5.41) is 3.46. The Morgan fingerprint density at radius 2 is 2.14 bits per heavy atom. The van der Waals surface area contributed by atoms with Gasteiger partial charge in [0.15, 0.2) is 0 Å². The Kier molecular flexibility index (Phi) is 3.95. The van der Waals surface area contributed by atoms with Crippen molar-refractivity contribution in [3.63, 3.8) is 0 Å². The number of anilines is 1. The van der Waals surface area contributed by atoms with Crippen molar-refractivity contribution in [1.29, 1.82) is 0 Å². The van der Waals surface area contributed by atoms with Crippen LogP contribution in [0.15, 0.2) is 12.1 Å². The molecule has 3 aliphatic rings. The lowest BCUT2D eigenvalue weighted by Gasteiger charge is -2.45. The maximum atomic E-state index is 12.5. The molecule has 6 heteroatoms. The number of nitrogens with one attached hydrogen (secondary N) is 1. The number of carbonyl (C=O) groups excluding carboxylic acids is 1. The molecule has 3 N–H and O–H groups in total. The first-order valence-corrected chi connectivity index (χ1v) is 7.64. The molecule has 0 aliphatic carbocycles. The Hall–Kier alpha value is -1.46. The van der Waals surface area contributed by atoms with Crippen LogP contribution in [-0.2, 0) is 0 Å². The van der Waals surface area contributed by atoms with Gasteiger partial charge in [-0.25, -0.2) is 0 Å². The van der Waals surface area contributed by atoms with Crippen LogP contribution in [0, 0.1) is 5.92 Å². The van der Waals surface area contributed by atoms with Crippen LogP contribution in [0.3, 0.4) is 0 Å². The normalized spacial score (nSPS) is 27.4. The molecule has 21 heavy (non-hydrogen) atoms. The quantitative estimate of drug-likeness (QED) is 0.839. The number of hydrogen-bond donors (Lipinski definition) is 2. The molecule has 1 amide bonds. The minimum absolute atomic E-state index is 0.117. The number of fused-ring (bicyclic) bond motifs is 3. The lowest BCUT2D eigenvalue weighted by molar-refractivity contribution is 0.0294. The number of nitrogen functional groups attached to an aromatic ring is 1. The summed E-state index contributed by atoms with van der Waals surface area (Å²) < 4.78 is 5.24. The van der Waals surface area contributed by atoms with E-state index in [-0.39, 0.29) is 12.1 Å². The lowest BCUT2D eigenvalue weighted by Crippen LogP contribution is -2.56. The number of hydrogen-bond acceptors (Lipinski definition) is 4. The van der Waals surface area contributed by atoms with Gasteiger partial charge in [0, 0.05) is 19.2 Å². The molecule has 5 nitrogen and oxygen atoms in total. The molecule has 1 aromatic carbocycles. The van der Waals surface area contributed by atoms with Gasteiger partial charge in [-0.05, 0) is 31.2 Å². The van der Waals surface area contributed by atoms with E-state index in [1.165, 1.54) is 20.0 Å². The Bertz CT molecular complexity index is 556. The minimum Gasteiger partial charge on any atom is -0.496 e. The van der Waals surface area contributed by atoms with Crippen molar-refractivity contribution in [3.8, 4) is 5.75 Å². The van der Waals surface area contributed by atoms with E-state index in [0.717, 1.165) is 25.4 Å². The SMILES string of the molecule is COc1cc(N)c(Cl)cc1C(=O)NC1CC2CCN1CC2. The third-order valence-corrected chi connectivity index (χ3v) is 4.83. The Balaban J connectivity index is 1.78. The third-order valence-electron chi connectivity index (χ3n) is 4.51. The first-order chi connectivity index (χ1) is 10.1. The molecule has 3 fully saturated rings. The van der Waals surface area contributed by atoms with Crippen molar-refractivity contribution in [2.24, 2.45) is 5.92 Å². The van der Waals surface area contributed by atoms with Gasteiger partial charge < -0.3 is 15.8 Å². The number of methoxy groups -OCH3 is 1. The van der Waals surface area contributed by atoms with Gasteiger partial charge in [0.25, 0.3) is 5.91 Å². The molecule has 1 unspecified atom stereocenters. The summed E-state index contributed by atoms with van der Waals surface area (Å²) in [4.78, 5) is 14.9. The molecule has 3 saturated heterocycles. The van der Waals surface area contributed by atoms with Gasteiger partial charge in [-0.15, -0.1) is 0 Å². The third kappa shape index (κ3) is 2.80. The summed E-state index contributed by atoms with van der Waals surface area (Å²) in [6.07, 6.45) is 3.62. The largest absolute Gasteiger partial charge is 0.496 e. The van der Waals surface area contributed by atoms with Gasteiger partial charge in [0.05, 0.1) is 29.5 Å². The van der Waals surface area contributed by atoms with E-state index in [0.29, 0.717) is 22.0 Å². The Morgan fingerprint density at radius 1 is 1.43 bits per heavy atom. The Labute approximate surface area is 129 Å². The van der Waals surface area contributed by atoms with Crippen LogP contribution in [0.4, 0.5) is 5.69 Å². The van der Waals surface area contributed by atoms with Crippen molar-refractivity contribution in [1.82, 2.24) is 10.2 Å². The predicted molar refractivity (Wildman–Crippen MR) is 82.6 cm³/mol. The highest BCUT2D eigenvalue weighted by molar-refractivity contribution is 6.33. The van der Waals surface area contributed by atoms with Gasteiger partial charge in [-0.3, -0.25) is 9.69 Å². The zero-order chi connectivity index (χ0) is 15.0. The number of amides is 1. The lowest BCUT2D eigenvalue weighted by atomic mass is 9.86. The number of piperidine rings is 3. The van der Waals surface area contributed by atoms with Crippen molar-refractivity contribution >= 4 is 23.2 Å². The van der Waals surface area contributed by atoms with Crippen molar-refractivity contribution in [2.45, 2.75) is 25.4 Å². The van der Waals surface area contributed by atoms with Gasteiger partial charge >= 0.3 is 0 Å². The summed E-state index contributed by atoms with van der Waals surface area (Å²) in [7, 11) is 1.52. The number of ether oxygens (including phenoxy) is 1. The summed E-state index contributed by atoms with van der Waals surface area (Å²) in [6, 6.07) is 3.16. The van der Waals surface area contributed by atoms with Crippen LogP contribution in [0.5, 0.6) is 5.75 Å². The molecule has 1 aromatic rings. The highest BCUT2D eigenvalue weighted by Gasteiger charge is 2.34. The van der Waals surface area contributed by atoms with E-state index in [1.807, 2.05) is 0 Å². The average Bonchev–Trinajstić information content (AvgIpc) is 2.50.